The lowest BCUT2D eigenvalue weighted by molar-refractivity contribution is -0.120. The SMILES string of the molecule is COc1cccc(Oc2cc(O)n(C(CC(C)(C)F)C(=O)Nc3ccn(CC(C)(C)O)n3)c2)c1Cl. The summed E-state index contributed by atoms with van der Waals surface area (Å²) in [5, 5.41) is 27.6. The standard InChI is InChI=1S/C24H30ClFN4O5/c1-23(2,26)12-16(22(32)27-19-9-10-29(28-19)14-24(3,4)33)30-13-15(11-20(30)31)35-18-8-6-7-17(34-5)21(18)25/h6-11,13,16,31,33H,12,14H2,1-5H3,(H,27,28,32). The Morgan fingerprint density at radius 1 is 1.26 bits per heavy atom. The first-order valence-corrected chi connectivity index (χ1v) is 11.3. The Morgan fingerprint density at radius 3 is 2.57 bits per heavy atom. The van der Waals surface area contributed by atoms with E-state index in [2.05, 4.69) is 10.4 Å². The Kier molecular flexibility index (Phi) is 7.66. The summed E-state index contributed by atoms with van der Waals surface area (Å²) in [6, 6.07) is 6.74. The van der Waals surface area contributed by atoms with E-state index in [0.717, 1.165) is 0 Å². The highest BCUT2D eigenvalue weighted by molar-refractivity contribution is 6.33. The van der Waals surface area contributed by atoms with Crippen molar-refractivity contribution in [1.82, 2.24) is 14.3 Å². The molecular weight excluding hydrogens is 479 g/mol. The number of aromatic nitrogens is 3. The summed E-state index contributed by atoms with van der Waals surface area (Å²) in [5.41, 5.74) is -2.72. The predicted molar refractivity (Wildman–Crippen MR) is 130 cm³/mol. The Bertz CT molecular complexity index is 1180. The van der Waals surface area contributed by atoms with Gasteiger partial charge in [0.25, 0.3) is 0 Å². The number of benzene rings is 1. The third-order valence-corrected chi connectivity index (χ3v) is 5.31. The topological polar surface area (TPSA) is 111 Å². The molecule has 1 amide bonds. The molecule has 0 spiro atoms. The Hall–Kier alpha value is -3.24. The maximum Gasteiger partial charge on any atom is 0.248 e. The molecule has 3 N–H and O–H groups in total. The van der Waals surface area contributed by atoms with Gasteiger partial charge in [0.1, 0.15) is 34.0 Å². The molecule has 2 aromatic heterocycles. The van der Waals surface area contributed by atoms with Crippen LogP contribution in [0.4, 0.5) is 10.2 Å². The predicted octanol–water partition coefficient (Wildman–Crippen LogP) is 4.93. The number of halogens is 2. The van der Waals surface area contributed by atoms with Gasteiger partial charge >= 0.3 is 0 Å². The van der Waals surface area contributed by atoms with Gasteiger partial charge in [-0.05, 0) is 39.8 Å². The van der Waals surface area contributed by atoms with Gasteiger partial charge in [0, 0.05) is 24.8 Å². The minimum atomic E-state index is -1.73. The monoisotopic (exact) mass is 508 g/mol. The van der Waals surface area contributed by atoms with Crippen LogP contribution in [0.5, 0.6) is 23.1 Å². The molecule has 0 saturated heterocycles. The van der Waals surface area contributed by atoms with Crippen molar-refractivity contribution in [2.75, 3.05) is 12.4 Å². The van der Waals surface area contributed by atoms with E-state index in [1.807, 2.05) is 0 Å². The maximum atomic E-state index is 14.7. The van der Waals surface area contributed by atoms with E-state index in [4.69, 9.17) is 21.1 Å². The summed E-state index contributed by atoms with van der Waals surface area (Å²) >= 11 is 6.28. The van der Waals surface area contributed by atoms with Crippen LogP contribution < -0.4 is 14.8 Å². The zero-order valence-electron chi connectivity index (χ0n) is 20.2. The molecule has 0 aliphatic heterocycles. The van der Waals surface area contributed by atoms with Crippen LogP contribution in [0, 0.1) is 0 Å². The van der Waals surface area contributed by atoms with Crippen LogP contribution in [-0.4, -0.2) is 48.8 Å². The van der Waals surface area contributed by atoms with Crippen LogP contribution in [-0.2, 0) is 11.3 Å². The summed E-state index contributed by atoms with van der Waals surface area (Å²) in [5.74, 6) is 0.242. The number of aromatic hydroxyl groups is 1. The fourth-order valence-corrected chi connectivity index (χ4v) is 3.74. The number of ether oxygens (including phenoxy) is 2. The van der Waals surface area contributed by atoms with Crippen molar-refractivity contribution in [3.05, 3.63) is 47.7 Å². The molecule has 0 saturated carbocycles. The first-order chi connectivity index (χ1) is 16.3. The number of carbonyl (C=O) groups is 1. The van der Waals surface area contributed by atoms with Crippen molar-refractivity contribution >= 4 is 23.3 Å². The molecule has 2 heterocycles. The second kappa shape index (κ2) is 10.2. The fourth-order valence-electron chi connectivity index (χ4n) is 3.50. The fraction of sp³-hybridized carbons (Fsp3) is 0.417. The Labute approximate surface area is 208 Å². The summed E-state index contributed by atoms with van der Waals surface area (Å²) in [7, 11) is 1.48. The molecule has 190 valence electrons. The van der Waals surface area contributed by atoms with Crippen LogP contribution >= 0.6 is 11.6 Å². The number of carbonyl (C=O) groups excluding carboxylic acids is 1. The lowest BCUT2D eigenvalue weighted by Crippen LogP contribution is -2.31. The van der Waals surface area contributed by atoms with Crippen LogP contribution in [0.2, 0.25) is 5.02 Å². The molecule has 0 aliphatic rings. The van der Waals surface area contributed by atoms with E-state index in [9.17, 15) is 19.4 Å². The normalized spacial score (nSPS) is 12.9. The van der Waals surface area contributed by atoms with Gasteiger partial charge < -0.3 is 29.6 Å². The number of rotatable bonds is 10. The zero-order chi connectivity index (χ0) is 26.0. The van der Waals surface area contributed by atoms with Crippen molar-refractivity contribution in [2.24, 2.45) is 0 Å². The van der Waals surface area contributed by atoms with Crippen LogP contribution in [0.1, 0.15) is 40.2 Å². The average molecular weight is 509 g/mol. The molecule has 11 heteroatoms. The number of alkyl halides is 1. The van der Waals surface area contributed by atoms with Crippen molar-refractivity contribution in [3.63, 3.8) is 0 Å². The van der Waals surface area contributed by atoms with Gasteiger partial charge in [-0.3, -0.25) is 9.48 Å². The van der Waals surface area contributed by atoms with Gasteiger partial charge in [-0.25, -0.2) is 4.39 Å². The summed E-state index contributed by atoms with van der Waals surface area (Å²) in [6.07, 6.45) is 2.78. The van der Waals surface area contributed by atoms with Gasteiger partial charge in [0.05, 0.1) is 25.5 Å². The molecule has 1 unspecified atom stereocenters. The molecule has 0 radical (unpaired) electrons. The van der Waals surface area contributed by atoms with Gasteiger partial charge in [0.2, 0.25) is 5.91 Å². The number of nitrogens with one attached hydrogen (secondary N) is 1. The molecular formula is C24H30ClFN4O5. The molecule has 3 rings (SSSR count). The van der Waals surface area contributed by atoms with Crippen LogP contribution in [0.3, 0.4) is 0 Å². The number of methoxy groups -OCH3 is 1. The maximum absolute atomic E-state index is 14.7. The molecule has 0 fully saturated rings. The van der Waals surface area contributed by atoms with Crippen molar-refractivity contribution in [2.45, 2.75) is 58.0 Å². The molecule has 0 aliphatic carbocycles. The number of nitrogens with zero attached hydrogens (tertiary/aromatic N) is 3. The lowest BCUT2D eigenvalue weighted by Gasteiger charge is -2.24. The molecule has 0 bridgehead atoms. The summed E-state index contributed by atoms with van der Waals surface area (Å²) < 4.78 is 28.3. The van der Waals surface area contributed by atoms with Crippen molar-refractivity contribution < 1.29 is 28.9 Å². The molecule has 9 nitrogen and oxygen atoms in total. The highest BCUT2D eigenvalue weighted by Gasteiger charge is 2.31. The highest BCUT2D eigenvalue weighted by Crippen LogP contribution is 2.39. The van der Waals surface area contributed by atoms with E-state index in [1.165, 1.54) is 42.5 Å². The Balaban J connectivity index is 1.85. The smallest absolute Gasteiger partial charge is 0.248 e. The number of amides is 1. The molecule has 35 heavy (non-hydrogen) atoms. The third kappa shape index (κ3) is 7.12. The zero-order valence-corrected chi connectivity index (χ0v) is 21.0. The molecule has 3 aromatic rings. The van der Waals surface area contributed by atoms with E-state index in [-0.39, 0.29) is 41.2 Å². The van der Waals surface area contributed by atoms with Crippen LogP contribution in [0.25, 0.3) is 0 Å². The van der Waals surface area contributed by atoms with E-state index in [0.29, 0.717) is 5.75 Å². The number of aliphatic hydroxyl groups is 1. The number of hydrogen-bond acceptors (Lipinski definition) is 6. The van der Waals surface area contributed by atoms with Gasteiger partial charge in [-0.2, -0.15) is 5.10 Å². The van der Waals surface area contributed by atoms with E-state index in [1.54, 1.807) is 44.3 Å². The third-order valence-electron chi connectivity index (χ3n) is 4.94. The molecule has 1 aromatic carbocycles. The first kappa shape index (κ1) is 26.4. The van der Waals surface area contributed by atoms with Gasteiger partial charge in [-0.15, -0.1) is 0 Å². The lowest BCUT2D eigenvalue weighted by atomic mass is 10.00. The van der Waals surface area contributed by atoms with E-state index >= 15 is 0 Å². The average Bonchev–Trinajstić information content (AvgIpc) is 3.31. The van der Waals surface area contributed by atoms with Crippen molar-refractivity contribution in [3.8, 4) is 23.1 Å². The number of hydrogen-bond donors (Lipinski definition) is 3. The summed E-state index contributed by atoms with van der Waals surface area (Å²) in [4.78, 5) is 13.2. The van der Waals surface area contributed by atoms with Gasteiger partial charge in [-0.1, -0.05) is 17.7 Å². The van der Waals surface area contributed by atoms with Gasteiger partial charge in [0.15, 0.2) is 11.7 Å². The quantitative estimate of drug-likeness (QED) is 0.358. The van der Waals surface area contributed by atoms with E-state index < -0.39 is 23.2 Å². The first-order valence-electron chi connectivity index (χ1n) is 10.9. The molecule has 1 atom stereocenters. The minimum absolute atomic E-state index is 0.196. The Morgan fingerprint density at radius 2 is 1.94 bits per heavy atom. The highest BCUT2D eigenvalue weighted by atomic mass is 35.5. The van der Waals surface area contributed by atoms with Crippen LogP contribution in [0.15, 0.2) is 42.7 Å². The summed E-state index contributed by atoms with van der Waals surface area (Å²) in [6.45, 7) is 6.19. The number of anilines is 1. The van der Waals surface area contributed by atoms with Crippen molar-refractivity contribution in [1.29, 1.82) is 0 Å². The minimum Gasteiger partial charge on any atom is -0.495 e. The second-order valence-electron chi connectivity index (χ2n) is 9.45. The largest absolute Gasteiger partial charge is 0.495 e. The second-order valence-corrected chi connectivity index (χ2v) is 9.83.